The Kier molecular flexibility index (Phi) is 3.05. The van der Waals surface area contributed by atoms with Crippen LogP contribution in [0.4, 0.5) is 0 Å². The minimum atomic E-state index is -0.592. The number of aromatic nitrogens is 5. The van der Waals surface area contributed by atoms with E-state index in [0.29, 0.717) is 5.82 Å². The number of ether oxygens (including phenoxy) is 1. The molecule has 0 fully saturated rings. The highest BCUT2D eigenvalue weighted by molar-refractivity contribution is 5.93. The molecule has 2 rings (SSSR count). The van der Waals surface area contributed by atoms with E-state index < -0.39 is 11.6 Å². The van der Waals surface area contributed by atoms with Gasteiger partial charge in [-0.3, -0.25) is 0 Å². The number of carbonyl (C=O) groups excluding carboxylic acids is 1. The standard InChI is InChI=1S/C11H13N5O2/c1-11(2,3)18-10(17)8-7(14-16-15-8)9-12-5-4-6-13-9/h4-6H,1-3H3,(H,14,15,16). The first-order valence-electron chi connectivity index (χ1n) is 5.39. The van der Waals surface area contributed by atoms with E-state index in [0.717, 1.165) is 0 Å². The van der Waals surface area contributed by atoms with Crippen molar-refractivity contribution >= 4 is 5.97 Å². The van der Waals surface area contributed by atoms with E-state index >= 15 is 0 Å². The number of rotatable bonds is 2. The van der Waals surface area contributed by atoms with E-state index in [1.165, 1.54) is 0 Å². The lowest BCUT2D eigenvalue weighted by Crippen LogP contribution is -2.24. The molecular weight excluding hydrogens is 234 g/mol. The average Bonchev–Trinajstić information content (AvgIpc) is 2.76. The lowest BCUT2D eigenvalue weighted by Gasteiger charge is -2.18. The van der Waals surface area contributed by atoms with Gasteiger partial charge in [-0.05, 0) is 26.8 Å². The van der Waals surface area contributed by atoms with Gasteiger partial charge in [-0.1, -0.05) is 0 Å². The predicted octanol–water partition coefficient (Wildman–Crippen LogP) is 1.22. The van der Waals surface area contributed by atoms with Crippen molar-refractivity contribution < 1.29 is 9.53 Å². The predicted molar refractivity (Wildman–Crippen MR) is 62.6 cm³/mol. The smallest absolute Gasteiger partial charge is 0.361 e. The number of H-pyrrole nitrogens is 1. The molecule has 0 aliphatic carbocycles. The third-order valence-corrected chi connectivity index (χ3v) is 1.92. The van der Waals surface area contributed by atoms with Gasteiger partial charge in [-0.2, -0.15) is 10.3 Å². The molecule has 94 valence electrons. The molecule has 0 spiro atoms. The lowest BCUT2D eigenvalue weighted by molar-refractivity contribution is 0.00636. The largest absolute Gasteiger partial charge is 0.455 e. The van der Waals surface area contributed by atoms with Gasteiger partial charge in [-0.25, -0.2) is 14.8 Å². The van der Waals surface area contributed by atoms with Crippen molar-refractivity contribution in [1.29, 1.82) is 0 Å². The van der Waals surface area contributed by atoms with Gasteiger partial charge in [0.05, 0.1) is 0 Å². The second-order valence-corrected chi connectivity index (χ2v) is 4.60. The lowest BCUT2D eigenvalue weighted by atomic mass is 10.2. The van der Waals surface area contributed by atoms with Crippen LogP contribution in [0.25, 0.3) is 11.5 Å². The summed E-state index contributed by atoms with van der Waals surface area (Å²) in [5.41, 5.74) is -0.230. The minimum absolute atomic E-state index is 0.0797. The van der Waals surface area contributed by atoms with E-state index in [9.17, 15) is 4.79 Å². The van der Waals surface area contributed by atoms with E-state index in [1.54, 1.807) is 39.2 Å². The van der Waals surface area contributed by atoms with Crippen molar-refractivity contribution in [3.8, 4) is 11.5 Å². The molecule has 2 aromatic heterocycles. The SMILES string of the molecule is CC(C)(C)OC(=O)c1n[nH]nc1-c1ncccn1. The van der Waals surface area contributed by atoms with Crippen molar-refractivity contribution in [1.82, 2.24) is 25.4 Å². The van der Waals surface area contributed by atoms with E-state index in [2.05, 4.69) is 25.4 Å². The van der Waals surface area contributed by atoms with Crippen LogP contribution < -0.4 is 0 Å². The van der Waals surface area contributed by atoms with Crippen LogP contribution in [0.5, 0.6) is 0 Å². The Morgan fingerprint density at radius 2 is 1.89 bits per heavy atom. The summed E-state index contributed by atoms with van der Waals surface area (Å²) in [6, 6.07) is 1.68. The number of hydrogen-bond donors (Lipinski definition) is 1. The van der Waals surface area contributed by atoms with Crippen LogP contribution in [0.1, 0.15) is 31.3 Å². The fourth-order valence-electron chi connectivity index (χ4n) is 1.28. The van der Waals surface area contributed by atoms with Gasteiger partial charge in [0.2, 0.25) is 5.69 Å². The number of esters is 1. The van der Waals surface area contributed by atoms with Gasteiger partial charge in [0, 0.05) is 12.4 Å². The summed E-state index contributed by atoms with van der Waals surface area (Å²) in [5.74, 6) is -0.231. The fraction of sp³-hybridized carbons (Fsp3) is 0.364. The second kappa shape index (κ2) is 4.52. The molecule has 0 bridgehead atoms. The number of carbonyl (C=O) groups is 1. The summed E-state index contributed by atoms with van der Waals surface area (Å²) >= 11 is 0. The Balaban J connectivity index is 2.32. The minimum Gasteiger partial charge on any atom is -0.455 e. The molecule has 2 heterocycles. The highest BCUT2D eigenvalue weighted by Gasteiger charge is 2.25. The first-order chi connectivity index (χ1) is 8.47. The Hall–Kier alpha value is -2.31. The molecule has 7 nitrogen and oxygen atoms in total. The van der Waals surface area contributed by atoms with Crippen LogP contribution in [-0.2, 0) is 4.74 Å². The molecule has 0 atom stereocenters. The van der Waals surface area contributed by atoms with Gasteiger partial charge >= 0.3 is 5.97 Å². The summed E-state index contributed by atoms with van der Waals surface area (Å²) in [6.07, 6.45) is 3.13. The molecule has 0 unspecified atom stereocenters. The average molecular weight is 247 g/mol. The Morgan fingerprint density at radius 1 is 1.22 bits per heavy atom. The zero-order chi connectivity index (χ0) is 13.2. The van der Waals surface area contributed by atoms with Crippen molar-refractivity contribution in [2.75, 3.05) is 0 Å². The van der Waals surface area contributed by atoms with E-state index in [1.807, 2.05) is 0 Å². The van der Waals surface area contributed by atoms with Crippen LogP contribution in [0.3, 0.4) is 0 Å². The molecule has 1 N–H and O–H groups in total. The van der Waals surface area contributed by atoms with E-state index in [4.69, 9.17) is 4.74 Å². The van der Waals surface area contributed by atoms with Crippen molar-refractivity contribution in [2.24, 2.45) is 0 Å². The maximum Gasteiger partial charge on any atom is 0.361 e. The first kappa shape index (κ1) is 12.2. The monoisotopic (exact) mass is 247 g/mol. The second-order valence-electron chi connectivity index (χ2n) is 4.60. The van der Waals surface area contributed by atoms with Gasteiger partial charge in [0.1, 0.15) is 5.60 Å². The normalized spacial score (nSPS) is 11.3. The highest BCUT2D eigenvalue weighted by atomic mass is 16.6. The highest BCUT2D eigenvalue weighted by Crippen LogP contribution is 2.17. The molecule has 0 aliphatic rings. The van der Waals surface area contributed by atoms with Gasteiger partial charge in [0.25, 0.3) is 0 Å². The van der Waals surface area contributed by atoms with Crippen molar-refractivity contribution in [2.45, 2.75) is 26.4 Å². The van der Waals surface area contributed by atoms with E-state index in [-0.39, 0.29) is 11.4 Å². The van der Waals surface area contributed by atoms with Crippen LogP contribution >= 0.6 is 0 Å². The number of nitrogens with zero attached hydrogens (tertiary/aromatic N) is 4. The summed E-state index contributed by atoms with van der Waals surface area (Å²) in [5, 5.41) is 10.0. The molecule has 2 aromatic rings. The summed E-state index contributed by atoms with van der Waals surface area (Å²) in [6.45, 7) is 5.34. The van der Waals surface area contributed by atoms with Crippen molar-refractivity contribution in [3.63, 3.8) is 0 Å². The van der Waals surface area contributed by atoms with Crippen LogP contribution in [0.2, 0.25) is 0 Å². The third kappa shape index (κ3) is 2.68. The Bertz CT molecular complexity index is 544. The van der Waals surface area contributed by atoms with Crippen molar-refractivity contribution in [3.05, 3.63) is 24.2 Å². The molecule has 0 saturated carbocycles. The molecule has 18 heavy (non-hydrogen) atoms. The molecule has 0 aliphatic heterocycles. The summed E-state index contributed by atoms with van der Waals surface area (Å²) < 4.78 is 5.23. The summed E-state index contributed by atoms with van der Waals surface area (Å²) in [7, 11) is 0. The number of nitrogens with one attached hydrogen (secondary N) is 1. The van der Waals surface area contributed by atoms with Crippen LogP contribution in [0, 0.1) is 0 Å². The molecule has 0 saturated heterocycles. The maximum atomic E-state index is 11.9. The molecular formula is C11H13N5O2. The third-order valence-electron chi connectivity index (χ3n) is 1.92. The number of aromatic amines is 1. The van der Waals surface area contributed by atoms with Gasteiger partial charge in [0.15, 0.2) is 11.5 Å². The zero-order valence-corrected chi connectivity index (χ0v) is 10.3. The molecule has 0 radical (unpaired) electrons. The zero-order valence-electron chi connectivity index (χ0n) is 10.3. The quantitative estimate of drug-likeness (QED) is 0.802. The summed E-state index contributed by atoms with van der Waals surface area (Å²) in [4.78, 5) is 20.0. The molecule has 0 aromatic carbocycles. The van der Waals surface area contributed by atoms with Crippen LogP contribution in [-0.4, -0.2) is 36.9 Å². The Labute approximate surface area is 104 Å². The van der Waals surface area contributed by atoms with Gasteiger partial charge < -0.3 is 4.74 Å². The Morgan fingerprint density at radius 3 is 2.50 bits per heavy atom. The fourth-order valence-corrected chi connectivity index (χ4v) is 1.28. The van der Waals surface area contributed by atoms with Gasteiger partial charge in [-0.15, -0.1) is 5.10 Å². The molecule has 7 heteroatoms. The number of hydrogen-bond acceptors (Lipinski definition) is 6. The maximum absolute atomic E-state index is 11.9. The topological polar surface area (TPSA) is 93.7 Å². The first-order valence-corrected chi connectivity index (χ1v) is 5.39. The van der Waals surface area contributed by atoms with Crippen LogP contribution in [0.15, 0.2) is 18.5 Å². The molecule has 0 amide bonds.